The van der Waals surface area contributed by atoms with E-state index in [1.165, 1.54) is 18.6 Å². The Labute approximate surface area is 177 Å². The van der Waals surface area contributed by atoms with Crippen molar-refractivity contribution in [2.24, 2.45) is 5.73 Å². The fourth-order valence-electron chi connectivity index (χ4n) is 3.49. The molecule has 156 valence electrons. The summed E-state index contributed by atoms with van der Waals surface area (Å²) < 4.78 is 18.9. The standard InChI is InChI=1S/C22H29FN4OS/c23-18-7-9-20(10-8-18)27-14-12-26(13-15-27)11-2-1-3-16-28-21-6-4-5-19(17-21)25-22(24)29/h4-10,17H,1-3,11-16H2,(H3,24,25,29). The zero-order valence-electron chi connectivity index (χ0n) is 16.6. The highest BCUT2D eigenvalue weighted by atomic mass is 32.1. The van der Waals surface area contributed by atoms with E-state index in [4.69, 9.17) is 22.7 Å². The van der Waals surface area contributed by atoms with Gasteiger partial charge in [-0.2, -0.15) is 0 Å². The molecule has 1 saturated heterocycles. The van der Waals surface area contributed by atoms with Crippen molar-refractivity contribution in [1.82, 2.24) is 4.90 Å². The molecule has 29 heavy (non-hydrogen) atoms. The zero-order chi connectivity index (χ0) is 20.5. The first-order chi connectivity index (χ1) is 14.1. The molecule has 1 fully saturated rings. The van der Waals surface area contributed by atoms with Gasteiger partial charge in [0.15, 0.2) is 5.11 Å². The smallest absolute Gasteiger partial charge is 0.168 e. The summed E-state index contributed by atoms with van der Waals surface area (Å²) in [5.41, 5.74) is 7.44. The van der Waals surface area contributed by atoms with Gasteiger partial charge in [0.05, 0.1) is 6.61 Å². The Kier molecular flexibility index (Phi) is 8.07. The van der Waals surface area contributed by atoms with Gasteiger partial charge >= 0.3 is 0 Å². The highest BCUT2D eigenvalue weighted by Gasteiger charge is 2.16. The molecule has 2 aromatic rings. The number of benzene rings is 2. The first-order valence-corrected chi connectivity index (χ1v) is 10.5. The summed E-state index contributed by atoms with van der Waals surface area (Å²) in [5, 5.41) is 3.16. The molecule has 3 rings (SSSR count). The maximum absolute atomic E-state index is 13.1. The summed E-state index contributed by atoms with van der Waals surface area (Å²) in [6.07, 6.45) is 3.34. The number of unbranched alkanes of at least 4 members (excludes halogenated alkanes) is 2. The number of nitrogens with zero attached hydrogens (tertiary/aromatic N) is 2. The van der Waals surface area contributed by atoms with Crippen LogP contribution in [0.5, 0.6) is 5.75 Å². The van der Waals surface area contributed by atoms with Gasteiger partial charge in [0.1, 0.15) is 11.6 Å². The molecular formula is C22H29FN4OS. The minimum Gasteiger partial charge on any atom is -0.494 e. The molecule has 7 heteroatoms. The van der Waals surface area contributed by atoms with Crippen molar-refractivity contribution in [3.8, 4) is 5.75 Å². The van der Waals surface area contributed by atoms with Gasteiger partial charge in [-0.3, -0.25) is 4.90 Å². The van der Waals surface area contributed by atoms with Gasteiger partial charge in [-0.15, -0.1) is 0 Å². The number of halogens is 1. The monoisotopic (exact) mass is 416 g/mol. The number of nitrogens with one attached hydrogen (secondary N) is 1. The van der Waals surface area contributed by atoms with E-state index in [1.54, 1.807) is 0 Å². The molecule has 1 aliphatic heterocycles. The van der Waals surface area contributed by atoms with Gasteiger partial charge in [-0.05, 0) is 74.4 Å². The first kappa shape index (κ1) is 21.3. The summed E-state index contributed by atoms with van der Waals surface area (Å²) in [4.78, 5) is 4.83. The third kappa shape index (κ3) is 7.18. The van der Waals surface area contributed by atoms with Crippen LogP contribution in [0.4, 0.5) is 15.8 Å². The van der Waals surface area contributed by atoms with E-state index in [-0.39, 0.29) is 10.9 Å². The van der Waals surface area contributed by atoms with Gasteiger partial charge in [-0.1, -0.05) is 6.07 Å². The molecule has 0 radical (unpaired) electrons. The molecule has 2 aromatic carbocycles. The Balaban J connectivity index is 1.27. The quantitative estimate of drug-likeness (QED) is 0.478. The molecule has 3 N–H and O–H groups in total. The lowest BCUT2D eigenvalue weighted by Crippen LogP contribution is -2.46. The van der Waals surface area contributed by atoms with Gasteiger partial charge in [0.2, 0.25) is 0 Å². The van der Waals surface area contributed by atoms with Crippen LogP contribution in [0.3, 0.4) is 0 Å². The molecule has 0 amide bonds. The highest BCUT2D eigenvalue weighted by molar-refractivity contribution is 7.80. The Morgan fingerprint density at radius 3 is 2.52 bits per heavy atom. The largest absolute Gasteiger partial charge is 0.494 e. The lowest BCUT2D eigenvalue weighted by atomic mass is 10.2. The molecule has 5 nitrogen and oxygen atoms in total. The molecule has 1 heterocycles. The van der Waals surface area contributed by atoms with E-state index in [0.29, 0.717) is 6.61 Å². The molecule has 0 unspecified atom stereocenters. The predicted octanol–water partition coefficient (Wildman–Crippen LogP) is 3.85. The zero-order valence-corrected chi connectivity index (χ0v) is 17.5. The van der Waals surface area contributed by atoms with E-state index in [1.807, 2.05) is 36.4 Å². The van der Waals surface area contributed by atoms with Gasteiger partial charge < -0.3 is 20.7 Å². The Morgan fingerprint density at radius 1 is 1.03 bits per heavy atom. The van der Waals surface area contributed by atoms with Crippen molar-refractivity contribution in [1.29, 1.82) is 0 Å². The second-order valence-corrected chi connectivity index (χ2v) is 7.67. The van der Waals surface area contributed by atoms with Crippen LogP contribution in [0.2, 0.25) is 0 Å². The predicted molar refractivity (Wildman–Crippen MR) is 121 cm³/mol. The van der Waals surface area contributed by atoms with E-state index >= 15 is 0 Å². The van der Waals surface area contributed by atoms with Crippen molar-refractivity contribution >= 4 is 28.7 Å². The minimum absolute atomic E-state index is 0.180. The normalized spacial score (nSPS) is 14.6. The third-order valence-corrected chi connectivity index (χ3v) is 5.16. The Morgan fingerprint density at radius 2 is 1.79 bits per heavy atom. The summed E-state index contributed by atoms with van der Waals surface area (Å²) in [7, 11) is 0. The number of hydrogen-bond donors (Lipinski definition) is 2. The van der Waals surface area contributed by atoms with Crippen LogP contribution in [-0.2, 0) is 0 Å². The number of piperazine rings is 1. The van der Waals surface area contributed by atoms with Crippen molar-refractivity contribution in [3.63, 3.8) is 0 Å². The van der Waals surface area contributed by atoms with Gasteiger partial charge in [0, 0.05) is 43.6 Å². The number of anilines is 2. The fraction of sp³-hybridized carbons (Fsp3) is 0.409. The number of thiocarbonyl (C=S) groups is 1. The molecule has 0 aromatic heterocycles. The Hall–Kier alpha value is -2.38. The second kappa shape index (κ2) is 11.0. The van der Waals surface area contributed by atoms with Crippen LogP contribution in [0, 0.1) is 5.82 Å². The highest BCUT2D eigenvalue weighted by Crippen LogP contribution is 2.18. The first-order valence-electron chi connectivity index (χ1n) is 10.1. The van der Waals surface area contributed by atoms with Crippen LogP contribution < -0.4 is 20.7 Å². The molecule has 0 bridgehead atoms. The molecule has 1 aliphatic rings. The average Bonchev–Trinajstić information content (AvgIpc) is 2.71. The maximum atomic E-state index is 13.1. The van der Waals surface area contributed by atoms with Gasteiger partial charge in [0.25, 0.3) is 0 Å². The molecule has 0 atom stereocenters. The molecule has 0 saturated carbocycles. The summed E-state index contributed by atoms with van der Waals surface area (Å²) in [6, 6.07) is 14.4. The number of rotatable bonds is 9. The molecule has 0 spiro atoms. The topological polar surface area (TPSA) is 53.8 Å². The average molecular weight is 417 g/mol. The van der Waals surface area contributed by atoms with Crippen molar-refractivity contribution in [2.75, 3.05) is 49.5 Å². The lowest BCUT2D eigenvalue weighted by Gasteiger charge is -2.36. The van der Waals surface area contributed by atoms with E-state index < -0.39 is 0 Å². The maximum Gasteiger partial charge on any atom is 0.168 e. The van der Waals surface area contributed by atoms with Crippen LogP contribution in [0.1, 0.15) is 19.3 Å². The van der Waals surface area contributed by atoms with Crippen molar-refractivity contribution in [3.05, 3.63) is 54.3 Å². The van der Waals surface area contributed by atoms with Crippen LogP contribution in [0.25, 0.3) is 0 Å². The molecule has 0 aliphatic carbocycles. The minimum atomic E-state index is -0.180. The Bertz CT molecular complexity index is 779. The van der Waals surface area contributed by atoms with Gasteiger partial charge in [-0.25, -0.2) is 4.39 Å². The number of hydrogen-bond acceptors (Lipinski definition) is 4. The van der Waals surface area contributed by atoms with E-state index in [0.717, 1.165) is 62.7 Å². The van der Waals surface area contributed by atoms with Crippen LogP contribution >= 0.6 is 12.2 Å². The summed E-state index contributed by atoms with van der Waals surface area (Å²) in [6.45, 7) is 5.91. The summed E-state index contributed by atoms with van der Waals surface area (Å²) in [5.74, 6) is 0.642. The number of ether oxygens (including phenoxy) is 1. The third-order valence-electron chi connectivity index (χ3n) is 5.05. The number of nitrogens with two attached hydrogens (primary N) is 1. The van der Waals surface area contributed by atoms with Crippen LogP contribution in [0.15, 0.2) is 48.5 Å². The van der Waals surface area contributed by atoms with Crippen molar-refractivity contribution in [2.45, 2.75) is 19.3 Å². The van der Waals surface area contributed by atoms with Crippen LogP contribution in [-0.4, -0.2) is 49.3 Å². The second-order valence-electron chi connectivity index (χ2n) is 7.23. The fourth-order valence-corrected chi connectivity index (χ4v) is 3.61. The lowest BCUT2D eigenvalue weighted by molar-refractivity contribution is 0.246. The summed E-state index contributed by atoms with van der Waals surface area (Å²) >= 11 is 4.85. The van der Waals surface area contributed by atoms with E-state index in [9.17, 15) is 4.39 Å². The van der Waals surface area contributed by atoms with Crippen molar-refractivity contribution < 1.29 is 9.13 Å². The SMILES string of the molecule is NC(=S)Nc1cccc(OCCCCCN2CCN(c3ccc(F)cc3)CC2)c1. The van der Waals surface area contributed by atoms with E-state index in [2.05, 4.69) is 15.1 Å². The molecular weight excluding hydrogens is 387 g/mol.